The average molecular weight is 366 g/mol. The van der Waals surface area contributed by atoms with Crippen LogP contribution in [0.25, 0.3) is 10.9 Å². The molecule has 3 rings (SSSR count). The van der Waals surface area contributed by atoms with Gasteiger partial charge in [-0.05, 0) is 37.6 Å². The number of ether oxygens (including phenoxy) is 2. The molecule has 1 heterocycles. The molecule has 0 saturated heterocycles. The highest BCUT2D eigenvalue weighted by Crippen LogP contribution is 2.31. The standard InChI is InChI=1S/C21H22N2O4/c1-3-26-21(25)20-14(2)23(12-15-7-5-4-6-8-15)18-10-9-16(11-17(18)20)27-13-19(22)24/h4-11H,3,12-13H2,1-2H3,(H2,22,24). The maximum Gasteiger partial charge on any atom is 0.340 e. The van der Waals surface area contributed by atoms with Gasteiger partial charge in [0.15, 0.2) is 6.61 Å². The molecule has 0 aliphatic carbocycles. The fourth-order valence-corrected chi connectivity index (χ4v) is 3.14. The van der Waals surface area contributed by atoms with Crippen molar-refractivity contribution in [2.45, 2.75) is 20.4 Å². The third kappa shape index (κ3) is 3.95. The van der Waals surface area contributed by atoms with Gasteiger partial charge in [0, 0.05) is 23.1 Å². The predicted octanol–water partition coefficient (Wildman–Crippen LogP) is 3.04. The smallest absolute Gasteiger partial charge is 0.340 e. The number of nitrogens with zero attached hydrogens (tertiary/aromatic N) is 1. The summed E-state index contributed by atoms with van der Waals surface area (Å²) in [5.41, 5.74) is 8.49. The summed E-state index contributed by atoms with van der Waals surface area (Å²) in [6.07, 6.45) is 0. The van der Waals surface area contributed by atoms with Gasteiger partial charge in [-0.3, -0.25) is 4.79 Å². The summed E-state index contributed by atoms with van der Waals surface area (Å²) in [6.45, 7) is 4.38. The molecule has 6 nitrogen and oxygen atoms in total. The van der Waals surface area contributed by atoms with Gasteiger partial charge in [0.25, 0.3) is 5.91 Å². The highest BCUT2D eigenvalue weighted by Gasteiger charge is 2.21. The van der Waals surface area contributed by atoms with Crippen LogP contribution in [0.15, 0.2) is 48.5 Å². The zero-order chi connectivity index (χ0) is 19.4. The van der Waals surface area contributed by atoms with Crippen LogP contribution in [0, 0.1) is 6.92 Å². The highest BCUT2D eigenvalue weighted by atomic mass is 16.5. The Bertz CT molecular complexity index is 977. The fraction of sp³-hybridized carbons (Fsp3) is 0.238. The Hall–Kier alpha value is -3.28. The summed E-state index contributed by atoms with van der Waals surface area (Å²) in [4.78, 5) is 23.5. The van der Waals surface area contributed by atoms with Crippen LogP contribution in [0.4, 0.5) is 0 Å². The normalized spacial score (nSPS) is 10.7. The van der Waals surface area contributed by atoms with Crippen LogP contribution < -0.4 is 10.5 Å². The number of fused-ring (bicyclic) bond motifs is 1. The number of hydrogen-bond acceptors (Lipinski definition) is 4. The van der Waals surface area contributed by atoms with Gasteiger partial charge in [0.05, 0.1) is 12.2 Å². The van der Waals surface area contributed by atoms with Gasteiger partial charge in [0.1, 0.15) is 5.75 Å². The molecular formula is C21H22N2O4. The Morgan fingerprint density at radius 2 is 1.85 bits per heavy atom. The van der Waals surface area contributed by atoms with Crippen molar-refractivity contribution in [2.24, 2.45) is 5.73 Å². The number of carbonyl (C=O) groups excluding carboxylic acids is 2. The molecule has 2 aromatic carbocycles. The van der Waals surface area contributed by atoms with Crippen molar-refractivity contribution in [3.63, 3.8) is 0 Å². The first-order valence-corrected chi connectivity index (χ1v) is 8.76. The van der Waals surface area contributed by atoms with Crippen molar-refractivity contribution in [3.05, 3.63) is 65.4 Å². The molecule has 0 unspecified atom stereocenters. The number of aromatic nitrogens is 1. The Morgan fingerprint density at radius 1 is 1.11 bits per heavy atom. The molecule has 0 atom stereocenters. The molecule has 0 bridgehead atoms. The number of hydrogen-bond donors (Lipinski definition) is 1. The summed E-state index contributed by atoms with van der Waals surface area (Å²) in [7, 11) is 0. The lowest BCUT2D eigenvalue weighted by molar-refractivity contribution is -0.119. The predicted molar refractivity (Wildman–Crippen MR) is 103 cm³/mol. The van der Waals surface area contributed by atoms with E-state index in [1.165, 1.54) is 0 Å². The zero-order valence-corrected chi connectivity index (χ0v) is 15.4. The second kappa shape index (κ2) is 7.95. The Balaban J connectivity index is 2.10. The lowest BCUT2D eigenvalue weighted by Gasteiger charge is -2.09. The van der Waals surface area contributed by atoms with E-state index in [1.807, 2.05) is 43.3 Å². The van der Waals surface area contributed by atoms with Crippen molar-refractivity contribution < 1.29 is 19.1 Å². The van der Waals surface area contributed by atoms with E-state index >= 15 is 0 Å². The molecule has 140 valence electrons. The number of carbonyl (C=O) groups is 2. The maximum absolute atomic E-state index is 12.6. The van der Waals surface area contributed by atoms with Crippen LogP contribution >= 0.6 is 0 Å². The fourth-order valence-electron chi connectivity index (χ4n) is 3.14. The minimum absolute atomic E-state index is 0.218. The molecular weight excluding hydrogens is 344 g/mol. The first-order valence-electron chi connectivity index (χ1n) is 8.76. The molecule has 6 heteroatoms. The molecule has 1 amide bonds. The van der Waals surface area contributed by atoms with E-state index in [1.54, 1.807) is 19.1 Å². The quantitative estimate of drug-likeness (QED) is 0.652. The van der Waals surface area contributed by atoms with Crippen molar-refractivity contribution in [2.75, 3.05) is 13.2 Å². The highest BCUT2D eigenvalue weighted by molar-refractivity contribution is 6.06. The van der Waals surface area contributed by atoms with Crippen LogP contribution in [-0.4, -0.2) is 29.7 Å². The lowest BCUT2D eigenvalue weighted by atomic mass is 10.1. The van der Waals surface area contributed by atoms with E-state index in [2.05, 4.69) is 4.57 Å². The molecule has 0 fully saturated rings. The topological polar surface area (TPSA) is 83.6 Å². The number of nitrogens with two attached hydrogens (primary N) is 1. The molecule has 0 aliphatic heterocycles. The third-order valence-electron chi connectivity index (χ3n) is 4.34. The van der Waals surface area contributed by atoms with Gasteiger partial charge in [-0.15, -0.1) is 0 Å². The van der Waals surface area contributed by atoms with Crippen molar-refractivity contribution in [3.8, 4) is 5.75 Å². The largest absolute Gasteiger partial charge is 0.484 e. The van der Waals surface area contributed by atoms with Gasteiger partial charge < -0.3 is 19.8 Å². The maximum atomic E-state index is 12.6. The Kier molecular flexibility index (Phi) is 5.45. The van der Waals surface area contributed by atoms with E-state index < -0.39 is 5.91 Å². The van der Waals surface area contributed by atoms with Gasteiger partial charge in [-0.2, -0.15) is 0 Å². The summed E-state index contributed by atoms with van der Waals surface area (Å²) in [5, 5.41) is 0.726. The summed E-state index contributed by atoms with van der Waals surface area (Å²) in [5.74, 6) is -0.457. The van der Waals surface area contributed by atoms with E-state index in [-0.39, 0.29) is 12.6 Å². The first-order chi connectivity index (χ1) is 13.0. The van der Waals surface area contributed by atoms with E-state index in [0.717, 1.165) is 22.2 Å². The second-order valence-electron chi connectivity index (χ2n) is 6.19. The molecule has 1 aromatic heterocycles. The van der Waals surface area contributed by atoms with Crippen molar-refractivity contribution in [1.29, 1.82) is 0 Å². The second-order valence-corrected chi connectivity index (χ2v) is 6.19. The number of benzene rings is 2. The van der Waals surface area contributed by atoms with Crippen molar-refractivity contribution in [1.82, 2.24) is 4.57 Å². The first kappa shape index (κ1) is 18.5. The molecule has 27 heavy (non-hydrogen) atoms. The minimum Gasteiger partial charge on any atom is -0.484 e. The van der Waals surface area contributed by atoms with Gasteiger partial charge in [-0.1, -0.05) is 30.3 Å². The van der Waals surface area contributed by atoms with E-state index in [4.69, 9.17) is 15.2 Å². The van der Waals surface area contributed by atoms with E-state index in [9.17, 15) is 9.59 Å². The zero-order valence-electron chi connectivity index (χ0n) is 15.4. The Morgan fingerprint density at radius 3 is 2.52 bits per heavy atom. The number of primary amides is 1. The summed E-state index contributed by atoms with van der Waals surface area (Å²) >= 11 is 0. The van der Waals surface area contributed by atoms with Crippen molar-refractivity contribution >= 4 is 22.8 Å². The molecule has 0 radical (unpaired) electrons. The molecule has 0 aliphatic rings. The van der Waals surface area contributed by atoms with Crippen LogP contribution in [-0.2, 0) is 16.1 Å². The SMILES string of the molecule is CCOC(=O)c1c(C)n(Cc2ccccc2)c2ccc(OCC(N)=O)cc12. The van der Waals surface area contributed by atoms with Crippen LogP contribution in [0.2, 0.25) is 0 Å². The number of esters is 1. The van der Waals surface area contributed by atoms with Crippen LogP contribution in [0.3, 0.4) is 0 Å². The lowest BCUT2D eigenvalue weighted by Crippen LogP contribution is -2.19. The van der Waals surface area contributed by atoms with Gasteiger partial charge in [-0.25, -0.2) is 4.79 Å². The minimum atomic E-state index is -0.557. The van der Waals surface area contributed by atoms with Gasteiger partial charge >= 0.3 is 5.97 Å². The molecule has 3 aromatic rings. The average Bonchev–Trinajstić information content (AvgIpc) is 2.92. The summed E-state index contributed by atoms with van der Waals surface area (Å²) < 4.78 is 12.7. The monoisotopic (exact) mass is 366 g/mol. The number of amides is 1. The number of rotatable bonds is 7. The Labute approximate surface area is 157 Å². The molecule has 0 saturated carbocycles. The molecule has 0 spiro atoms. The van der Waals surface area contributed by atoms with Crippen LogP contribution in [0.5, 0.6) is 5.75 Å². The van der Waals surface area contributed by atoms with Gasteiger partial charge in [0.2, 0.25) is 0 Å². The molecule has 2 N–H and O–H groups in total. The van der Waals surface area contributed by atoms with E-state index in [0.29, 0.717) is 24.5 Å². The van der Waals surface area contributed by atoms with Crippen LogP contribution in [0.1, 0.15) is 28.5 Å². The third-order valence-corrected chi connectivity index (χ3v) is 4.34. The summed E-state index contributed by atoms with van der Waals surface area (Å²) in [6, 6.07) is 15.4.